The third-order valence-corrected chi connectivity index (χ3v) is 4.38. The summed E-state index contributed by atoms with van der Waals surface area (Å²) in [4.78, 5) is 7.68. The SMILES string of the molecule is NC1(c2nc3cc(SC(F)(F)F)ccc3[nH]2)CCNCC1. The van der Waals surface area contributed by atoms with Crippen LogP contribution in [0.5, 0.6) is 0 Å². The predicted octanol–water partition coefficient (Wildman–Crippen LogP) is 2.71. The fourth-order valence-corrected chi connectivity index (χ4v) is 3.10. The zero-order valence-electron chi connectivity index (χ0n) is 11.1. The summed E-state index contributed by atoms with van der Waals surface area (Å²) >= 11 is -0.136. The van der Waals surface area contributed by atoms with Gasteiger partial charge in [-0.25, -0.2) is 4.98 Å². The maximum absolute atomic E-state index is 12.4. The summed E-state index contributed by atoms with van der Waals surface area (Å²) in [6.45, 7) is 1.62. The van der Waals surface area contributed by atoms with Crippen LogP contribution in [0.15, 0.2) is 23.1 Å². The van der Waals surface area contributed by atoms with Crippen molar-refractivity contribution in [2.45, 2.75) is 28.8 Å². The molecule has 0 aliphatic carbocycles. The Morgan fingerprint density at radius 2 is 1.95 bits per heavy atom. The van der Waals surface area contributed by atoms with Gasteiger partial charge >= 0.3 is 5.51 Å². The number of hydrogen-bond donors (Lipinski definition) is 3. The number of nitrogens with two attached hydrogens (primary N) is 1. The molecule has 0 atom stereocenters. The van der Waals surface area contributed by atoms with Gasteiger partial charge in [0.05, 0.1) is 16.6 Å². The number of aromatic amines is 1. The van der Waals surface area contributed by atoms with E-state index >= 15 is 0 Å². The van der Waals surface area contributed by atoms with Crippen molar-refractivity contribution in [3.05, 3.63) is 24.0 Å². The van der Waals surface area contributed by atoms with Gasteiger partial charge in [-0.2, -0.15) is 13.2 Å². The first-order valence-electron chi connectivity index (χ1n) is 6.61. The standard InChI is InChI=1S/C13H15F3N4S/c14-13(15,16)21-8-1-2-9-10(7-8)20-11(19-9)12(17)3-5-18-6-4-12/h1-2,7,18H,3-6,17H2,(H,19,20). The van der Waals surface area contributed by atoms with Crippen LogP contribution in [-0.2, 0) is 5.54 Å². The number of piperidine rings is 1. The summed E-state index contributed by atoms with van der Waals surface area (Å²) in [7, 11) is 0. The molecular formula is C13H15F3N4S. The van der Waals surface area contributed by atoms with Crippen LogP contribution in [0, 0.1) is 0 Å². The molecule has 0 radical (unpaired) electrons. The maximum atomic E-state index is 12.4. The van der Waals surface area contributed by atoms with E-state index in [9.17, 15) is 13.2 Å². The first kappa shape index (κ1) is 14.7. The smallest absolute Gasteiger partial charge is 0.340 e. The Labute approximate surface area is 123 Å². The summed E-state index contributed by atoms with van der Waals surface area (Å²) in [5.74, 6) is 0.646. The summed E-state index contributed by atoms with van der Waals surface area (Å²) in [6.07, 6.45) is 1.49. The molecule has 21 heavy (non-hydrogen) atoms. The molecule has 0 unspecified atom stereocenters. The molecule has 1 fully saturated rings. The van der Waals surface area contributed by atoms with Gasteiger partial charge in [-0.1, -0.05) is 0 Å². The van der Waals surface area contributed by atoms with Crippen LogP contribution in [0.4, 0.5) is 13.2 Å². The fourth-order valence-electron chi connectivity index (χ4n) is 2.53. The van der Waals surface area contributed by atoms with Gasteiger partial charge in [0.1, 0.15) is 5.82 Å². The summed E-state index contributed by atoms with van der Waals surface area (Å²) in [5.41, 5.74) is 2.75. The number of thioether (sulfide) groups is 1. The Kier molecular flexibility index (Phi) is 3.62. The van der Waals surface area contributed by atoms with E-state index < -0.39 is 11.0 Å². The van der Waals surface area contributed by atoms with Crippen molar-refractivity contribution in [2.75, 3.05) is 13.1 Å². The number of nitrogens with one attached hydrogen (secondary N) is 2. The third-order valence-electron chi connectivity index (χ3n) is 3.66. The molecule has 0 amide bonds. The number of rotatable bonds is 2. The number of fused-ring (bicyclic) bond motifs is 1. The Balaban J connectivity index is 1.93. The molecule has 1 aliphatic rings. The topological polar surface area (TPSA) is 66.7 Å². The lowest BCUT2D eigenvalue weighted by atomic mass is 9.89. The molecule has 0 spiro atoms. The van der Waals surface area contributed by atoms with E-state index in [2.05, 4.69) is 15.3 Å². The molecule has 1 aliphatic heterocycles. The normalized spacial score (nSPS) is 19.0. The zero-order chi connectivity index (χ0) is 15.1. The minimum absolute atomic E-state index is 0.129. The lowest BCUT2D eigenvalue weighted by Gasteiger charge is -2.31. The molecule has 0 saturated carbocycles. The van der Waals surface area contributed by atoms with Crippen LogP contribution in [0.2, 0.25) is 0 Å². The van der Waals surface area contributed by atoms with Crippen molar-refractivity contribution >= 4 is 22.8 Å². The van der Waals surface area contributed by atoms with Gasteiger partial charge in [0.25, 0.3) is 0 Å². The van der Waals surface area contributed by atoms with E-state index in [0.29, 0.717) is 16.9 Å². The number of halogens is 3. The highest BCUT2D eigenvalue weighted by Crippen LogP contribution is 2.38. The average Bonchev–Trinajstić information content (AvgIpc) is 2.81. The van der Waals surface area contributed by atoms with Crippen LogP contribution in [0.3, 0.4) is 0 Å². The molecular weight excluding hydrogens is 301 g/mol. The number of imidazole rings is 1. The van der Waals surface area contributed by atoms with Crippen molar-refractivity contribution in [1.82, 2.24) is 15.3 Å². The Morgan fingerprint density at radius 3 is 2.62 bits per heavy atom. The molecule has 2 aromatic rings. The highest BCUT2D eigenvalue weighted by Gasteiger charge is 2.33. The van der Waals surface area contributed by atoms with Crippen molar-refractivity contribution in [3.8, 4) is 0 Å². The van der Waals surface area contributed by atoms with Crippen molar-refractivity contribution in [2.24, 2.45) is 5.73 Å². The Morgan fingerprint density at radius 1 is 1.24 bits per heavy atom. The van der Waals surface area contributed by atoms with Crippen LogP contribution < -0.4 is 11.1 Å². The van der Waals surface area contributed by atoms with E-state index in [1.54, 1.807) is 6.07 Å². The number of nitrogens with zero attached hydrogens (tertiary/aromatic N) is 1. The lowest BCUT2D eigenvalue weighted by molar-refractivity contribution is -0.0328. The second-order valence-electron chi connectivity index (χ2n) is 5.22. The quantitative estimate of drug-likeness (QED) is 0.745. The van der Waals surface area contributed by atoms with Crippen LogP contribution in [0.25, 0.3) is 11.0 Å². The number of H-pyrrole nitrogens is 1. The minimum atomic E-state index is -4.29. The Bertz CT molecular complexity index is 646. The molecule has 8 heteroatoms. The number of benzene rings is 1. The Hall–Kier alpha value is -1.25. The molecule has 0 bridgehead atoms. The van der Waals surface area contributed by atoms with Gasteiger partial charge in [0, 0.05) is 4.90 Å². The van der Waals surface area contributed by atoms with Gasteiger partial charge < -0.3 is 16.0 Å². The van der Waals surface area contributed by atoms with Crippen molar-refractivity contribution < 1.29 is 13.2 Å². The van der Waals surface area contributed by atoms with Crippen LogP contribution >= 0.6 is 11.8 Å². The number of alkyl halides is 3. The first-order valence-corrected chi connectivity index (χ1v) is 7.43. The third kappa shape index (κ3) is 3.17. The highest BCUT2D eigenvalue weighted by molar-refractivity contribution is 8.00. The molecule has 1 aromatic heterocycles. The minimum Gasteiger partial charge on any atom is -0.340 e. The van der Waals surface area contributed by atoms with E-state index in [4.69, 9.17) is 5.73 Å². The number of aromatic nitrogens is 2. The first-order chi connectivity index (χ1) is 9.86. The van der Waals surface area contributed by atoms with Crippen molar-refractivity contribution in [1.29, 1.82) is 0 Å². The van der Waals surface area contributed by atoms with Gasteiger partial charge in [-0.05, 0) is 55.9 Å². The lowest BCUT2D eigenvalue weighted by Crippen LogP contribution is -2.47. The number of hydrogen-bond acceptors (Lipinski definition) is 4. The van der Waals surface area contributed by atoms with Gasteiger partial charge in [-0.3, -0.25) is 0 Å². The van der Waals surface area contributed by atoms with E-state index in [-0.39, 0.29) is 16.7 Å². The van der Waals surface area contributed by atoms with E-state index in [1.165, 1.54) is 12.1 Å². The van der Waals surface area contributed by atoms with Gasteiger partial charge in [0.15, 0.2) is 0 Å². The molecule has 4 N–H and O–H groups in total. The molecule has 1 saturated heterocycles. The average molecular weight is 316 g/mol. The van der Waals surface area contributed by atoms with Crippen molar-refractivity contribution in [3.63, 3.8) is 0 Å². The molecule has 4 nitrogen and oxygen atoms in total. The zero-order valence-corrected chi connectivity index (χ0v) is 11.9. The van der Waals surface area contributed by atoms with Crippen LogP contribution in [0.1, 0.15) is 18.7 Å². The van der Waals surface area contributed by atoms with E-state index in [0.717, 1.165) is 25.9 Å². The second-order valence-corrected chi connectivity index (χ2v) is 6.36. The fraction of sp³-hybridized carbons (Fsp3) is 0.462. The summed E-state index contributed by atoms with van der Waals surface area (Å²) in [6, 6.07) is 4.50. The van der Waals surface area contributed by atoms with E-state index in [1.807, 2.05) is 0 Å². The monoisotopic (exact) mass is 316 g/mol. The maximum Gasteiger partial charge on any atom is 0.446 e. The molecule has 2 heterocycles. The predicted molar refractivity (Wildman–Crippen MR) is 76.0 cm³/mol. The molecule has 3 rings (SSSR count). The van der Waals surface area contributed by atoms with Gasteiger partial charge in [0.2, 0.25) is 0 Å². The largest absolute Gasteiger partial charge is 0.446 e. The summed E-state index contributed by atoms with van der Waals surface area (Å²) in [5, 5.41) is 3.23. The van der Waals surface area contributed by atoms with Crippen LogP contribution in [-0.4, -0.2) is 28.6 Å². The van der Waals surface area contributed by atoms with Gasteiger partial charge in [-0.15, -0.1) is 0 Å². The molecule has 114 valence electrons. The highest BCUT2D eigenvalue weighted by atomic mass is 32.2. The molecule has 1 aromatic carbocycles. The summed E-state index contributed by atoms with van der Waals surface area (Å²) < 4.78 is 37.2. The second kappa shape index (κ2) is 5.19.